The summed E-state index contributed by atoms with van der Waals surface area (Å²) in [6.07, 6.45) is 2.56. The van der Waals surface area contributed by atoms with Gasteiger partial charge in [0.2, 0.25) is 0 Å². The van der Waals surface area contributed by atoms with Crippen LogP contribution in [0.15, 0.2) is 0 Å². The first-order valence-electron chi connectivity index (χ1n) is 6.36. The van der Waals surface area contributed by atoms with Gasteiger partial charge in [0.15, 0.2) is 0 Å². The molecule has 0 saturated carbocycles. The second kappa shape index (κ2) is 4.48. The summed E-state index contributed by atoms with van der Waals surface area (Å²) in [4.78, 5) is 2.45. The normalized spacial score (nSPS) is 18.7. The Labute approximate surface area is 108 Å². The molecule has 0 atom stereocenters. The molecular weight excluding hydrogens is 230 g/mol. The molecule has 2 heterocycles. The molecule has 0 aromatic carbocycles. The van der Waals surface area contributed by atoms with Crippen LogP contribution in [0.3, 0.4) is 0 Å². The minimum Gasteiger partial charge on any atom is -0.383 e. The number of hydrogen-bond donors (Lipinski definition) is 1. The van der Waals surface area contributed by atoms with Crippen molar-refractivity contribution in [2.24, 2.45) is 11.3 Å². The van der Waals surface area contributed by atoms with E-state index >= 15 is 0 Å². The number of nitrogens with two attached hydrogens (primary N) is 1. The smallest absolute Gasteiger partial charge is 0.142 e. The van der Waals surface area contributed by atoms with Gasteiger partial charge in [0, 0.05) is 18.7 Å². The summed E-state index contributed by atoms with van der Waals surface area (Å²) in [6.45, 7) is 11.4. The maximum atomic E-state index is 5.82. The Bertz CT molecular complexity index is 384. The lowest BCUT2D eigenvalue weighted by molar-refractivity contribution is 0.199. The van der Waals surface area contributed by atoms with Crippen molar-refractivity contribution < 1.29 is 0 Å². The van der Waals surface area contributed by atoms with E-state index in [1.165, 1.54) is 17.8 Å². The van der Waals surface area contributed by atoms with Gasteiger partial charge in [0.05, 0.1) is 0 Å². The van der Waals surface area contributed by atoms with Crippen LogP contribution in [-0.2, 0) is 0 Å². The largest absolute Gasteiger partial charge is 0.383 e. The molecule has 4 heteroatoms. The molecule has 1 fully saturated rings. The average molecular weight is 253 g/mol. The number of nitrogen functional groups attached to an aromatic ring is 1. The van der Waals surface area contributed by atoms with Gasteiger partial charge in [-0.25, -0.2) is 0 Å². The molecule has 1 aromatic heterocycles. The number of nitrogens with zero attached hydrogens (tertiary/aromatic N) is 2. The quantitative estimate of drug-likeness (QED) is 0.835. The summed E-state index contributed by atoms with van der Waals surface area (Å²) >= 11 is 1.54. The third-order valence-electron chi connectivity index (χ3n) is 3.94. The van der Waals surface area contributed by atoms with E-state index in [-0.39, 0.29) is 0 Å². The lowest BCUT2D eigenvalue weighted by Crippen LogP contribution is -2.37. The van der Waals surface area contributed by atoms with Crippen LogP contribution in [0.4, 0.5) is 10.8 Å². The van der Waals surface area contributed by atoms with Crippen molar-refractivity contribution in [3.05, 3.63) is 5.56 Å². The minimum absolute atomic E-state index is 0.438. The summed E-state index contributed by atoms with van der Waals surface area (Å²) < 4.78 is 4.24. The van der Waals surface area contributed by atoms with Gasteiger partial charge in [-0.3, -0.25) is 0 Å². The Morgan fingerprint density at radius 3 is 2.29 bits per heavy atom. The van der Waals surface area contributed by atoms with Gasteiger partial charge < -0.3 is 10.6 Å². The van der Waals surface area contributed by atoms with E-state index in [4.69, 9.17) is 5.73 Å². The monoisotopic (exact) mass is 253 g/mol. The Hall–Kier alpha value is -0.770. The van der Waals surface area contributed by atoms with Crippen LogP contribution in [0.1, 0.15) is 39.2 Å². The first-order chi connectivity index (χ1) is 7.89. The first kappa shape index (κ1) is 12.7. The van der Waals surface area contributed by atoms with Gasteiger partial charge in [-0.15, -0.1) is 0 Å². The Morgan fingerprint density at radius 1 is 1.29 bits per heavy atom. The summed E-state index contributed by atoms with van der Waals surface area (Å²) in [5.74, 6) is 1.53. The van der Waals surface area contributed by atoms with Gasteiger partial charge in [-0.2, -0.15) is 4.37 Å². The second-order valence-corrected chi connectivity index (χ2v) is 6.88. The van der Waals surface area contributed by atoms with Crippen LogP contribution in [0.25, 0.3) is 0 Å². The molecule has 96 valence electrons. The summed E-state index contributed by atoms with van der Waals surface area (Å²) in [5, 5.41) is 1.27. The maximum Gasteiger partial charge on any atom is 0.142 e. The lowest BCUT2D eigenvalue weighted by atomic mass is 9.75. The average Bonchev–Trinajstić information content (AvgIpc) is 2.59. The van der Waals surface area contributed by atoms with Crippen LogP contribution >= 0.6 is 11.5 Å². The molecule has 0 bridgehead atoms. The molecule has 0 radical (unpaired) electrons. The Kier molecular flexibility index (Phi) is 3.34. The van der Waals surface area contributed by atoms with E-state index in [1.807, 2.05) is 0 Å². The zero-order chi connectivity index (χ0) is 12.6. The van der Waals surface area contributed by atoms with E-state index in [0.717, 1.165) is 24.6 Å². The second-order valence-electron chi connectivity index (χ2n) is 6.13. The zero-order valence-electron chi connectivity index (χ0n) is 11.3. The highest BCUT2D eigenvalue weighted by molar-refractivity contribution is 7.10. The van der Waals surface area contributed by atoms with Crippen LogP contribution in [0.5, 0.6) is 0 Å². The van der Waals surface area contributed by atoms with Crippen molar-refractivity contribution in [3.63, 3.8) is 0 Å². The lowest BCUT2D eigenvalue weighted by Gasteiger charge is -2.39. The van der Waals surface area contributed by atoms with Gasteiger partial charge in [0.25, 0.3) is 0 Å². The van der Waals surface area contributed by atoms with Gasteiger partial charge >= 0.3 is 0 Å². The van der Waals surface area contributed by atoms with Crippen molar-refractivity contribution in [1.29, 1.82) is 0 Å². The number of aromatic nitrogens is 1. The molecule has 1 aliphatic heterocycles. The molecule has 1 saturated heterocycles. The number of anilines is 2. The van der Waals surface area contributed by atoms with Crippen LogP contribution < -0.4 is 10.6 Å². The van der Waals surface area contributed by atoms with Crippen molar-refractivity contribution in [2.75, 3.05) is 23.7 Å². The van der Waals surface area contributed by atoms with E-state index in [0.29, 0.717) is 11.2 Å². The van der Waals surface area contributed by atoms with Crippen molar-refractivity contribution in [3.8, 4) is 0 Å². The fraction of sp³-hybridized carbons (Fsp3) is 0.769. The molecule has 0 aliphatic carbocycles. The van der Waals surface area contributed by atoms with Gasteiger partial charge in [-0.05, 0) is 42.6 Å². The van der Waals surface area contributed by atoms with E-state index in [1.54, 1.807) is 11.5 Å². The third-order valence-corrected chi connectivity index (χ3v) is 4.97. The molecule has 17 heavy (non-hydrogen) atoms. The molecule has 1 aliphatic rings. The van der Waals surface area contributed by atoms with Crippen LogP contribution in [-0.4, -0.2) is 17.5 Å². The van der Waals surface area contributed by atoms with E-state index < -0.39 is 0 Å². The zero-order valence-corrected chi connectivity index (χ0v) is 12.1. The molecule has 0 spiro atoms. The minimum atomic E-state index is 0.438. The number of hydrogen-bond acceptors (Lipinski definition) is 4. The molecule has 0 unspecified atom stereocenters. The van der Waals surface area contributed by atoms with Crippen molar-refractivity contribution in [2.45, 2.75) is 40.5 Å². The highest BCUT2D eigenvalue weighted by Crippen LogP contribution is 2.38. The van der Waals surface area contributed by atoms with Crippen LogP contribution in [0, 0.1) is 18.3 Å². The Morgan fingerprint density at radius 2 is 1.88 bits per heavy atom. The van der Waals surface area contributed by atoms with E-state index in [9.17, 15) is 0 Å². The fourth-order valence-corrected chi connectivity index (χ4v) is 3.44. The molecule has 2 N–H and O–H groups in total. The number of rotatable bonds is 1. The summed E-state index contributed by atoms with van der Waals surface area (Å²) in [7, 11) is 0. The molecule has 1 aromatic rings. The predicted molar refractivity (Wildman–Crippen MR) is 75.7 cm³/mol. The summed E-state index contributed by atoms with van der Waals surface area (Å²) in [6, 6.07) is 0. The molecular formula is C13H23N3S. The van der Waals surface area contributed by atoms with Crippen molar-refractivity contribution in [1.82, 2.24) is 4.37 Å². The molecule has 2 rings (SSSR count). The Balaban J connectivity index is 2.02. The predicted octanol–water partition coefficient (Wildman–Crippen LogP) is 3.30. The topological polar surface area (TPSA) is 42.1 Å². The SMILES string of the molecule is Cc1c(N)nsc1N1CCC(C(C)(C)C)CC1. The molecule has 3 nitrogen and oxygen atoms in total. The van der Waals surface area contributed by atoms with Crippen LogP contribution in [0.2, 0.25) is 0 Å². The molecule has 0 amide bonds. The van der Waals surface area contributed by atoms with Crippen molar-refractivity contribution >= 4 is 22.4 Å². The van der Waals surface area contributed by atoms with Gasteiger partial charge in [0.1, 0.15) is 10.8 Å². The fourth-order valence-electron chi connectivity index (χ4n) is 2.58. The highest BCUT2D eigenvalue weighted by atomic mass is 32.1. The standard InChI is InChI=1S/C13H23N3S/c1-9-11(14)15-17-12(9)16-7-5-10(6-8-16)13(2,3)4/h10H,5-8H2,1-4H3,(H2,14,15). The third kappa shape index (κ3) is 2.57. The first-order valence-corrected chi connectivity index (χ1v) is 7.13. The maximum absolute atomic E-state index is 5.82. The van der Waals surface area contributed by atoms with Gasteiger partial charge in [-0.1, -0.05) is 20.8 Å². The summed E-state index contributed by atoms with van der Waals surface area (Å²) in [5.41, 5.74) is 7.41. The van der Waals surface area contributed by atoms with E-state index in [2.05, 4.69) is 37.0 Å². The highest BCUT2D eigenvalue weighted by Gasteiger charge is 2.29. The number of piperidine rings is 1.